The van der Waals surface area contributed by atoms with Crippen LogP contribution in [0.15, 0.2) is 30.3 Å². The first-order chi connectivity index (χ1) is 11.1. The van der Waals surface area contributed by atoms with Crippen molar-refractivity contribution in [1.29, 1.82) is 0 Å². The second-order valence-electron chi connectivity index (χ2n) is 5.93. The fraction of sp³-hybridized carbons (Fsp3) is 0.333. The number of ether oxygens (including phenoxy) is 1. The fourth-order valence-electron chi connectivity index (χ4n) is 2.82. The van der Waals surface area contributed by atoms with Gasteiger partial charge in [0.05, 0.1) is 17.6 Å². The molecule has 0 spiro atoms. The molecule has 1 N–H and O–H groups in total. The number of anilines is 1. The molecule has 0 fully saturated rings. The number of fused-ring (bicyclic) bond motifs is 1. The molecule has 0 unspecified atom stereocenters. The van der Waals surface area contributed by atoms with E-state index in [4.69, 9.17) is 0 Å². The number of aryl methyl sites for hydroxylation is 1. The Labute approximate surface area is 139 Å². The second-order valence-corrected chi connectivity index (χ2v) is 7.07. The molecule has 1 atom stereocenters. The zero-order valence-corrected chi connectivity index (χ0v) is 14.0. The predicted octanol–water partition coefficient (Wildman–Crippen LogP) is 3.91. The number of methoxy groups -OCH3 is 1. The lowest BCUT2D eigenvalue weighted by molar-refractivity contribution is 0.0600. The topological polar surface area (TPSA) is 55.4 Å². The molecule has 1 aliphatic carbocycles. The Balaban J connectivity index is 1.71. The average molecular weight is 329 g/mol. The summed E-state index contributed by atoms with van der Waals surface area (Å²) < 4.78 is 4.66. The molecule has 1 aromatic carbocycles. The first-order valence-corrected chi connectivity index (χ1v) is 8.50. The fourth-order valence-corrected chi connectivity index (χ4v) is 3.92. The van der Waals surface area contributed by atoms with Gasteiger partial charge in [-0.05, 0) is 61.1 Å². The quantitative estimate of drug-likeness (QED) is 0.869. The Bertz CT molecular complexity index is 733. The van der Waals surface area contributed by atoms with Crippen molar-refractivity contribution in [2.75, 3.05) is 12.4 Å². The molecule has 1 aliphatic rings. The molecule has 120 valence electrons. The van der Waals surface area contributed by atoms with E-state index < -0.39 is 0 Å². The van der Waals surface area contributed by atoms with Crippen molar-refractivity contribution in [2.45, 2.75) is 26.2 Å². The SMILES string of the molecule is COC(=O)c1ccc(NC(=O)c2cc3c(s2)CC[C@@H](C)C3)cc1. The zero-order chi connectivity index (χ0) is 16.4. The van der Waals surface area contributed by atoms with Crippen molar-refractivity contribution in [3.05, 3.63) is 51.2 Å². The highest BCUT2D eigenvalue weighted by Crippen LogP contribution is 2.32. The van der Waals surface area contributed by atoms with E-state index in [9.17, 15) is 9.59 Å². The maximum absolute atomic E-state index is 12.4. The van der Waals surface area contributed by atoms with E-state index in [0.29, 0.717) is 17.2 Å². The first kappa shape index (κ1) is 15.7. The Kier molecular flexibility index (Phi) is 4.48. The van der Waals surface area contributed by atoms with Gasteiger partial charge >= 0.3 is 5.97 Å². The summed E-state index contributed by atoms with van der Waals surface area (Å²) in [6.45, 7) is 2.25. The molecule has 1 amide bonds. The van der Waals surface area contributed by atoms with Crippen molar-refractivity contribution in [3.63, 3.8) is 0 Å². The lowest BCUT2D eigenvalue weighted by atomic mass is 9.90. The van der Waals surface area contributed by atoms with Crippen molar-refractivity contribution in [1.82, 2.24) is 0 Å². The van der Waals surface area contributed by atoms with Gasteiger partial charge in [-0.15, -0.1) is 11.3 Å². The highest BCUT2D eigenvalue weighted by atomic mass is 32.1. The van der Waals surface area contributed by atoms with Crippen molar-refractivity contribution in [2.24, 2.45) is 5.92 Å². The van der Waals surface area contributed by atoms with Crippen molar-refractivity contribution >= 4 is 28.9 Å². The maximum atomic E-state index is 12.4. The molecule has 23 heavy (non-hydrogen) atoms. The van der Waals surface area contributed by atoms with E-state index in [2.05, 4.69) is 17.0 Å². The van der Waals surface area contributed by atoms with Gasteiger partial charge in [0.15, 0.2) is 0 Å². The van der Waals surface area contributed by atoms with Crippen LogP contribution in [0.2, 0.25) is 0 Å². The molecule has 0 bridgehead atoms. The largest absolute Gasteiger partial charge is 0.465 e. The number of carbonyl (C=O) groups excluding carboxylic acids is 2. The molecular formula is C18H19NO3S. The van der Waals surface area contributed by atoms with Crippen LogP contribution >= 0.6 is 11.3 Å². The third-order valence-corrected chi connectivity index (χ3v) is 5.35. The van der Waals surface area contributed by atoms with Gasteiger partial charge < -0.3 is 10.1 Å². The molecule has 1 heterocycles. The Morgan fingerprint density at radius 3 is 2.70 bits per heavy atom. The lowest BCUT2D eigenvalue weighted by Crippen LogP contribution is -2.10. The summed E-state index contributed by atoms with van der Waals surface area (Å²) in [5.41, 5.74) is 2.45. The van der Waals surface area contributed by atoms with Gasteiger partial charge in [0, 0.05) is 10.6 Å². The lowest BCUT2D eigenvalue weighted by Gasteiger charge is -2.16. The van der Waals surface area contributed by atoms with Crippen LogP contribution in [0.5, 0.6) is 0 Å². The molecular weight excluding hydrogens is 310 g/mol. The van der Waals surface area contributed by atoms with Crippen LogP contribution in [0, 0.1) is 5.92 Å². The molecule has 4 nitrogen and oxygen atoms in total. The van der Waals surface area contributed by atoms with Crippen molar-refractivity contribution in [3.8, 4) is 0 Å². The van der Waals surface area contributed by atoms with Gasteiger partial charge in [0.2, 0.25) is 0 Å². The molecule has 0 radical (unpaired) electrons. The van der Waals surface area contributed by atoms with Gasteiger partial charge in [-0.1, -0.05) is 6.92 Å². The minimum absolute atomic E-state index is 0.0946. The van der Waals surface area contributed by atoms with Crippen LogP contribution in [-0.2, 0) is 17.6 Å². The smallest absolute Gasteiger partial charge is 0.337 e. The number of benzene rings is 1. The van der Waals surface area contributed by atoms with Gasteiger partial charge in [-0.3, -0.25) is 4.79 Å². The Hall–Kier alpha value is -2.14. The number of hydrogen-bond donors (Lipinski definition) is 1. The molecule has 0 aliphatic heterocycles. The molecule has 1 aromatic heterocycles. The zero-order valence-electron chi connectivity index (χ0n) is 13.2. The van der Waals surface area contributed by atoms with E-state index in [1.54, 1.807) is 35.6 Å². The standard InChI is InChI=1S/C18H19NO3S/c1-11-3-8-15-13(9-11)10-16(23-15)17(20)19-14-6-4-12(5-7-14)18(21)22-2/h4-7,10-11H,3,8-9H2,1-2H3,(H,19,20)/t11-/m1/s1. The number of esters is 1. The molecule has 0 saturated heterocycles. The van der Waals surface area contributed by atoms with E-state index >= 15 is 0 Å². The second kappa shape index (κ2) is 6.54. The van der Waals surface area contributed by atoms with Gasteiger partial charge in [0.25, 0.3) is 5.91 Å². The number of nitrogens with one attached hydrogen (secondary N) is 1. The van der Waals surface area contributed by atoms with Gasteiger partial charge in [-0.25, -0.2) is 4.79 Å². The third-order valence-electron chi connectivity index (χ3n) is 4.12. The van der Waals surface area contributed by atoms with E-state index in [0.717, 1.165) is 17.7 Å². The van der Waals surface area contributed by atoms with Crippen LogP contribution in [-0.4, -0.2) is 19.0 Å². The predicted molar refractivity (Wildman–Crippen MR) is 91.2 cm³/mol. The molecule has 0 saturated carbocycles. The third kappa shape index (κ3) is 3.45. The van der Waals surface area contributed by atoms with Gasteiger partial charge in [0.1, 0.15) is 0 Å². The van der Waals surface area contributed by atoms with Crippen LogP contribution in [0.4, 0.5) is 5.69 Å². The number of rotatable bonds is 3. The molecule has 3 rings (SSSR count). The summed E-state index contributed by atoms with van der Waals surface area (Å²) in [5, 5.41) is 2.88. The minimum Gasteiger partial charge on any atom is -0.465 e. The van der Waals surface area contributed by atoms with Crippen molar-refractivity contribution < 1.29 is 14.3 Å². The Morgan fingerprint density at radius 1 is 1.26 bits per heavy atom. The summed E-state index contributed by atoms with van der Waals surface area (Å²) in [4.78, 5) is 25.9. The number of carbonyl (C=O) groups is 2. The van der Waals surface area contributed by atoms with Crippen LogP contribution < -0.4 is 5.32 Å². The van der Waals surface area contributed by atoms with Crippen LogP contribution in [0.25, 0.3) is 0 Å². The number of hydrogen-bond acceptors (Lipinski definition) is 4. The maximum Gasteiger partial charge on any atom is 0.337 e. The Morgan fingerprint density at radius 2 is 2.00 bits per heavy atom. The van der Waals surface area contributed by atoms with Gasteiger partial charge in [-0.2, -0.15) is 0 Å². The van der Waals surface area contributed by atoms with Crippen LogP contribution in [0.3, 0.4) is 0 Å². The van der Waals surface area contributed by atoms with E-state index in [-0.39, 0.29) is 11.9 Å². The monoisotopic (exact) mass is 329 g/mol. The average Bonchev–Trinajstić information content (AvgIpc) is 2.98. The van der Waals surface area contributed by atoms with Crippen LogP contribution in [0.1, 0.15) is 43.8 Å². The molecule has 2 aromatic rings. The summed E-state index contributed by atoms with van der Waals surface area (Å²) in [6, 6.07) is 8.72. The number of amides is 1. The normalized spacial score (nSPS) is 16.5. The minimum atomic E-state index is -0.386. The summed E-state index contributed by atoms with van der Waals surface area (Å²) in [5.74, 6) is 0.213. The first-order valence-electron chi connectivity index (χ1n) is 7.68. The summed E-state index contributed by atoms with van der Waals surface area (Å²) >= 11 is 1.59. The van der Waals surface area contributed by atoms with E-state index in [1.165, 1.54) is 24.0 Å². The number of thiophene rings is 1. The summed E-state index contributed by atoms with van der Waals surface area (Å²) in [6.07, 6.45) is 3.33. The highest BCUT2D eigenvalue weighted by Gasteiger charge is 2.20. The molecule has 5 heteroatoms. The highest BCUT2D eigenvalue weighted by molar-refractivity contribution is 7.14. The van der Waals surface area contributed by atoms with E-state index in [1.807, 2.05) is 6.07 Å². The summed E-state index contributed by atoms with van der Waals surface area (Å²) in [7, 11) is 1.34.